The van der Waals surface area contributed by atoms with E-state index in [4.69, 9.17) is 0 Å². The maximum Gasteiger partial charge on any atom is 0.307 e. The van der Waals surface area contributed by atoms with Crippen LogP contribution in [0.2, 0.25) is 0 Å². The van der Waals surface area contributed by atoms with E-state index in [2.05, 4.69) is 32.9 Å². The van der Waals surface area contributed by atoms with Crippen LogP contribution in [0, 0.1) is 11.8 Å². The summed E-state index contributed by atoms with van der Waals surface area (Å²) in [6.45, 7) is 6.29. The summed E-state index contributed by atoms with van der Waals surface area (Å²) < 4.78 is 0. The fourth-order valence-corrected chi connectivity index (χ4v) is 3.73. The van der Waals surface area contributed by atoms with Gasteiger partial charge in [-0.05, 0) is 17.9 Å². The molecule has 0 saturated heterocycles. The van der Waals surface area contributed by atoms with Gasteiger partial charge >= 0.3 is 5.97 Å². The van der Waals surface area contributed by atoms with E-state index < -0.39 is 5.97 Å². The summed E-state index contributed by atoms with van der Waals surface area (Å²) in [7, 11) is 0. The van der Waals surface area contributed by atoms with Gasteiger partial charge in [0.05, 0.1) is 5.92 Å². The van der Waals surface area contributed by atoms with E-state index in [1.165, 1.54) is 5.56 Å². The van der Waals surface area contributed by atoms with Gasteiger partial charge in [0.2, 0.25) is 0 Å². The maximum atomic E-state index is 11.4. The zero-order valence-electron chi connectivity index (χ0n) is 12.0. The van der Waals surface area contributed by atoms with Gasteiger partial charge in [0.25, 0.3) is 0 Å². The molecular weight excluding hydrogens is 256 g/mol. The van der Waals surface area contributed by atoms with Crippen LogP contribution in [0.15, 0.2) is 30.3 Å². The minimum absolute atomic E-state index is 0.178. The molecule has 0 aromatic heterocycles. The van der Waals surface area contributed by atoms with Crippen LogP contribution in [0.5, 0.6) is 0 Å². The van der Waals surface area contributed by atoms with Crippen molar-refractivity contribution in [3.8, 4) is 0 Å². The number of hydrogen-bond donors (Lipinski definition) is 1. The van der Waals surface area contributed by atoms with Gasteiger partial charge in [-0.3, -0.25) is 4.79 Å². The number of carboxylic acid groups (broad SMARTS) is 1. The Hall–Kier alpha value is -0.960. The molecule has 2 atom stereocenters. The van der Waals surface area contributed by atoms with Gasteiger partial charge in [0.1, 0.15) is 0 Å². The Bertz CT molecular complexity index is 376. The normalized spacial score (nSPS) is 14.3. The molecule has 0 amide bonds. The van der Waals surface area contributed by atoms with Crippen LogP contribution >= 0.6 is 11.8 Å². The second kappa shape index (κ2) is 8.26. The lowest BCUT2D eigenvalue weighted by Gasteiger charge is -2.26. The average Bonchev–Trinajstić information content (AvgIpc) is 2.38. The Labute approximate surface area is 120 Å². The van der Waals surface area contributed by atoms with Crippen molar-refractivity contribution in [2.24, 2.45) is 11.8 Å². The Kier molecular flexibility index (Phi) is 7.00. The van der Waals surface area contributed by atoms with Crippen molar-refractivity contribution in [3.63, 3.8) is 0 Å². The Morgan fingerprint density at radius 1 is 1.26 bits per heavy atom. The first-order chi connectivity index (χ1) is 9.06. The number of thioether (sulfide) groups is 1. The third-order valence-electron chi connectivity index (χ3n) is 3.26. The predicted octanol–water partition coefficient (Wildman–Crippen LogP) is 4.45. The first-order valence-corrected chi connectivity index (χ1v) is 7.99. The van der Waals surface area contributed by atoms with Crippen molar-refractivity contribution in [2.45, 2.75) is 44.6 Å². The molecule has 0 aliphatic carbocycles. The summed E-state index contributed by atoms with van der Waals surface area (Å²) in [5.41, 5.74) is 1.26. The van der Waals surface area contributed by atoms with Gasteiger partial charge in [-0.1, -0.05) is 57.5 Å². The van der Waals surface area contributed by atoms with Crippen LogP contribution in [0.1, 0.15) is 39.2 Å². The number of carboxylic acids is 1. The highest BCUT2D eigenvalue weighted by Gasteiger charge is 2.29. The largest absolute Gasteiger partial charge is 0.481 e. The number of hydrogen-bond acceptors (Lipinski definition) is 2. The molecule has 0 fully saturated rings. The highest BCUT2D eigenvalue weighted by Crippen LogP contribution is 2.32. The van der Waals surface area contributed by atoms with E-state index in [-0.39, 0.29) is 11.2 Å². The van der Waals surface area contributed by atoms with Gasteiger partial charge in [0, 0.05) is 11.0 Å². The fraction of sp³-hybridized carbons (Fsp3) is 0.562. The molecule has 2 nitrogen and oxygen atoms in total. The lowest BCUT2D eigenvalue weighted by molar-refractivity contribution is -0.142. The van der Waals surface area contributed by atoms with Crippen molar-refractivity contribution in [3.05, 3.63) is 35.9 Å². The van der Waals surface area contributed by atoms with Crippen LogP contribution in [-0.4, -0.2) is 16.3 Å². The molecule has 19 heavy (non-hydrogen) atoms. The maximum absolute atomic E-state index is 11.4. The van der Waals surface area contributed by atoms with Crippen molar-refractivity contribution in [1.82, 2.24) is 0 Å². The van der Waals surface area contributed by atoms with Crippen molar-refractivity contribution in [2.75, 3.05) is 0 Å². The zero-order chi connectivity index (χ0) is 14.3. The van der Waals surface area contributed by atoms with Gasteiger partial charge in [-0.15, -0.1) is 0 Å². The quantitative estimate of drug-likeness (QED) is 0.764. The zero-order valence-corrected chi connectivity index (χ0v) is 12.8. The highest BCUT2D eigenvalue weighted by atomic mass is 32.2. The minimum atomic E-state index is -0.652. The Balaban J connectivity index is 2.69. The van der Waals surface area contributed by atoms with Gasteiger partial charge in [-0.2, -0.15) is 11.8 Å². The van der Waals surface area contributed by atoms with Crippen molar-refractivity contribution in [1.29, 1.82) is 0 Å². The van der Waals surface area contributed by atoms with Gasteiger partial charge in [0.15, 0.2) is 0 Å². The summed E-state index contributed by atoms with van der Waals surface area (Å²) >= 11 is 1.78. The van der Waals surface area contributed by atoms with E-state index >= 15 is 0 Å². The molecule has 0 aliphatic heterocycles. The smallest absolute Gasteiger partial charge is 0.307 e. The van der Waals surface area contributed by atoms with Crippen LogP contribution in [0.4, 0.5) is 0 Å². The lowest BCUT2D eigenvalue weighted by Crippen LogP contribution is -2.30. The Morgan fingerprint density at radius 2 is 1.89 bits per heavy atom. The molecular formula is C16H24O2S. The summed E-state index contributed by atoms with van der Waals surface area (Å²) in [6, 6.07) is 10.3. The summed E-state index contributed by atoms with van der Waals surface area (Å²) in [5.74, 6) is 0.373. The van der Waals surface area contributed by atoms with E-state index in [9.17, 15) is 9.90 Å². The second-order valence-electron chi connectivity index (χ2n) is 5.24. The molecule has 3 heteroatoms. The van der Waals surface area contributed by atoms with E-state index in [0.29, 0.717) is 5.92 Å². The molecule has 1 rings (SSSR count). The summed E-state index contributed by atoms with van der Waals surface area (Å²) in [4.78, 5) is 11.4. The molecule has 0 bridgehead atoms. The first kappa shape index (κ1) is 16.1. The molecule has 1 N–H and O–H groups in total. The molecule has 0 aliphatic rings. The van der Waals surface area contributed by atoms with E-state index in [1.807, 2.05) is 18.2 Å². The Morgan fingerprint density at radius 3 is 2.37 bits per heavy atom. The summed E-state index contributed by atoms with van der Waals surface area (Å²) in [5, 5.41) is 9.59. The van der Waals surface area contributed by atoms with Crippen molar-refractivity contribution < 1.29 is 9.90 Å². The molecule has 0 saturated carbocycles. The topological polar surface area (TPSA) is 37.3 Å². The fourth-order valence-electron chi connectivity index (χ4n) is 2.28. The van der Waals surface area contributed by atoms with Crippen LogP contribution < -0.4 is 0 Å². The summed E-state index contributed by atoms with van der Waals surface area (Å²) in [6.07, 6.45) is 1.69. The predicted molar refractivity (Wildman–Crippen MR) is 82.4 cm³/mol. The highest BCUT2D eigenvalue weighted by molar-refractivity contribution is 7.99. The monoisotopic (exact) mass is 280 g/mol. The molecule has 2 unspecified atom stereocenters. The molecule has 1 aromatic rings. The van der Waals surface area contributed by atoms with E-state index in [1.54, 1.807) is 11.8 Å². The number of benzene rings is 1. The average molecular weight is 280 g/mol. The third kappa shape index (κ3) is 5.27. The number of rotatable bonds is 8. The number of aliphatic carboxylic acids is 1. The standard InChI is InChI=1S/C16H24O2S/c1-4-8-14(16(17)18)15(12(2)3)19-11-13-9-6-5-7-10-13/h5-7,9-10,12,14-15H,4,8,11H2,1-3H3,(H,17,18). The number of carbonyl (C=O) groups is 1. The molecule has 106 valence electrons. The van der Waals surface area contributed by atoms with Crippen LogP contribution in [0.3, 0.4) is 0 Å². The lowest BCUT2D eigenvalue weighted by atomic mass is 9.92. The molecule has 0 radical (unpaired) electrons. The molecule has 0 spiro atoms. The molecule has 0 heterocycles. The van der Waals surface area contributed by atoms with Crippen LogP contribution in [0.25, 0.3) is 0 Å². The molecule has 1 aromatic carbocycles. The SMILES string of the molecule is CCCC(C(=O)O)C(SCc1ccccc1)C(C)C. The first-order valence-electron chi connectivity index (χ1n) is 6.94. The second-order valence-corrected chi connectivity index (χ2v) is 6.40. The minimum Gasteiger partial charge on any atom is -0.481 e. The van der Waals surface area contributed by atoms with Crippen molar-refractivity contribution >= 4 is 17.7 Å². The van der Waals surface area contributed by atoms with Crippen LogP contribution in [-0.2, 0) is 10.5 Å². The van der Waals surface area contributed by atoms with Gasteiger partial charge < -0.3 is 5.11 Å². The van der Waals surface area contributed by atoms with Gasteiger partial charge in [-0.25, -0.2) is 0 Å². The third-order valence-corrected chi connectivity index (χ3v) is 5.01. The van der Waals surface area contributed by atoms with E-state index in [0.717, 1.165) is 18.6 Å².